The predicted molar refractivity (Wildman–Crippen MR) is 90.7 cm³/mol. The lowest BCUT2D eigenvalue weighted by Gasteiger charge is -2.19. The number of amides is 1. The topological polar surface area (TPSA) is 64.0 Å². The number of hydrogen-bond donors (Lipinski definition) is 1. The van der Waals surface area contributed by atoms with Crippen LogP contribution in [0.5, 0.6) is 0 Å². The molecule has 1 aromatic heterocycles. The summed E-state index contributed by atoms with van der Waals surface area (Å²) in [7, 11) is 0. The molecular formula is C18H23N3O2. The van der Waals surface area contributed by atoms with E-state index in [1.54, 1.807) is 6.92 Å². The van der Waals surface area contributed by atoms with Gasteiger partial charge in [0.2, 0.25) is 0 Å². The van der Waals surface area contributed by atoms with E-state index < -0.39 is 0 Å². The van der Waals surface area contributed by atoms with Crippen LogP contribution in [0.25, 0.3) is 0 Å². The third-order valence-electron chi connectivity index (χ3n) is 3.72. The van der Waals surface area contributed by atoms with Gasteiger partial charge in [-0.3, -0.25) is 14.2 Å². The molecule has 0 aliphatic rings. The molecule has 0 fully saturated rings. The number of benzene rings is 1. The first kappa shape index (κ1) is 16.9. The molecule has 0 spiro atoms. The van der Waals surface area contributed by atoms with Gasteiger partial charge in [0.15, 0.2) is 0 Å². The van der Waals surface area contributed by atoms with Crippen LogP contribution in [0, 0.1) is 6.92 Å². The van der Waals surface area contributed by atoms with Gasteiger partial charge in [-0.15, -0.1) is 0 Å². The highest BCUT2D eigenvalue weighted by molar-refractivity contribution is 5.94. The summed E-state index contributed by atoms with van der Waals surface area (Å²) in [6.45, 7) is 8.91. The maximum Gasteiger partial charge on any atom is 0.256 e. The average molecular weight is 313 g/mol. The Hall–Kier alpha value is -2.43. The highest BCUT2D eigenvalue weighted by Crippen LogP contribution is 2.22. The third-order valence-corrected chi connectivity index (χ3v) is 3.72. The molecule has 0 bridgehead atoms. The Morgan fingerprint density at radius 2 is 1.87 bits per heavy atom. The van der Waals surface area contributed by atoms with Crippen molar-refractivity contribution in [3.05, 3.63) is 63.8 Å². The molecule has 0 unspecified atom stereocenters. The van der Waals surface area contributed by atoms with Gasteiger partial charge in [-0.25, -0.2) is 4.98 Å². The number of aryl methyl sites for hydroxylation is 1. The lowest BCUT2D eigenvalue weighted by Crippen LogP contribution is -2.31. The number of nitrogens with zero attached hydrogens (tertiary/aromatic N) is 2. The van der Waals surface area contributed by atoms with E-state index in [1.807, 2.05) is 24.3 Å². The first-order valence-electron chi connectivity index (χ1n) is 7.69. The van der Waals surface area contributed by atoms with E-state index in [-0.39, 0.29) is 16.9 Å². The first-order valence-corrected chi connectivity index (χ1v) is 7.69. The van der Waals surface area contributed by atoms with Gasteiger partial charge >= 0.3 is 0 Å². The van der Waals surface area contributed by atoms with E-state index in [0.717, 1.165) is 0 Å². The highest BCUT2D eigenvalue weighted by Gasteiger charge is 2.14. The maximum absolute atomic E-state index is 12.1. The lowest BCUT2D eigenvalue weighted by atomic mass is 9.87. The van der Waals surface area contributed by atoms with Crippen molar-refractivity contribution in [1.29, 1.82) is 0 Å². The van der Waals surface area contributed by atoms with Gasteiger partial charge in [0.05, 0.1) is 6.33 Å². The van der Waals surface area contributed by atoms with Crippen LogP contribution in [0.15, 0.2) is 41.6 Å². The number of hydrogen-bond acceptors (Lipinski definition) is 3. The SMILES string of the molecule is Cc1cncn(CCNC(=O)c2ccc(C(C)(C)C)cc2)c1=O. The Bertz CT molecular complexity index is 740. The fraction of sp³-hybridized carbons (Fsp3) is 0.389. The van der Waals surface area contributed by atoms with Crippen molar-refractivity contribution in [2.45, 2.75) is 39.7 Å². The van der Waals surface area contributed by atoms with Gasteiger partial charge in [-0.05, 0) is 30.0 Å². The second-order valence-corrected chi connectivity index (χ2v) is 6.66. The fourth-order valence-corrected chi connectivity index (χ4v) is 2.23. The molecule has 122 valence electrons. The zero-order chi connectivity index (χ0) is 17.0. The number of nitrogens with one attached hydrogen (secondary N) is 1. The monoisotopic (exact) mass is 313 g/mol. The molecule has 23 heavy (non-hydrogen) atoms. The van der Waals surface area contributed by atoms with E-state index >= 15 is 0 Å². The van der Waals surface area contributed by atoms with Gasteiger partial charge in [0, 0.05) is 30.4 Å². The van der Waals surface area contributed by atoms with Crippen molar-refractivity contribution in [3.8, 4) is 0 Å². The molecule has 0 saturated heterocycles. The van der Waals surface area contributed by atoms with Crippen LogP contribution in [0.3, 0.4) is 0 Å². The van der Waals surface area contributed by atoms with Crippen molar-refractivity contribution in [2.24, 2.45) is 0 Å². The molecule has 1 amide bonds. The standard InChI is InChI=1S/C18H23N3O2/c1-13-11-19-12-21(17(13)23)10-9-20-16(22)14-5-7-15(8-6-14)18(2,3)4/h5-8,11-12H,9-10H2,1-4H3,(H,20,22). The minimum atomic E-state index is -0.140. The second-order valence-electron chi connectivity index (χ2n) is 6.66. The van der Waals surface area contributed by atoms with Crippen LogP contribution >= 0.6 is 0 Å². The lowest BCUT2D eigenvalue weighted by molar-refractivity contribution is 0.0952. The summed E-state index contributed by atoms with van der Waals surface area (Å²) in [5, 5.41) is 2.83. The zero-order valence-electron chi connectivity index (χ0n) is 14.1. The molecule has 0 aliphatic carbocycles. The Morgan fingerprint density at radius 1 is 1.22 bits per heavy atom. The van der Waals surface area contributed by atoms with E-state index in [1.165, 1.54) is 22.7 Å². The smallest absolute Gasteiger partial charge is 0.256 e. The number of carbonyl (C=O) groups excluding carboxylic acids is 1. The molecule has 1 heterocycles. The summed E-state index contributed by atoms with van der Waals surface area (Å²) in [5.41, 5.74) is 2.38. The summed E-state index contributed by atoms with van der Waals surface area (Å²) >= 11 is 0. The average Bonchev–Trinajstić information content (AvgIpc) is 2.50. The Balaban J connectivity index is 1.95. The van der Waals surface area contributed by atoms with Gasteiger partial charge in [-0.2, -0.15) is 0 Å². The Labute approximate surface area is 136 Å². The molecule has 0 aliphatic heterocycles. The number of aromatic nitrogens is 2. The normalized spacial score (nSPS) is 11.3. The van der Waals surface area contributed by atoms with Crippen molar-refractivity contribution in [2.75, 3.05) is 6.54 Å². The van der Waals surface area contributed by atoms with Crippen molar-refractivity contribution >= 4 is 5.91 Å². The Kier molecular flexibility index (Phi) is 4.98. The zero-order valence-corrected chi connectivity index (χ0v) is 14.1. The fourth-order valence-electron chi connectivity index (χ4n) is 2.23. The predicted octanol–water partition coefficient (Wildman–Crippen LogP) is 2.28. The molecule has 0 saturated carbocycles. The van der Waals surface area contributed by atoms with Gasteiger partial charge in [0.25, 0.3) is 11.5 Å². The molecule has 0 atom stereocenters. The number of rotatable bonds is 4. The summed E-state index contributed by atoms with van der Waals surface area (Å²) in [6.07, 6.45) is 3.02. The maximum atomic E-state index is 12.1. The van der Waals surface area contributed by atoms with E-state index in [2.05, 4.69) is 31.1 Å². The van der Waals surface area contributed by atoms with E-state index in [4.69, 9.17) is 0 Å². The summed E-state index contributed by atoms with van der Waals surface area (Å²) in [6, 6.07) is 7.61. The highest BCUT2D eigenvalue weighted by atomic mass is 16.1. The first-order chi connectivity index (χ1) is 10.8. The van der Waals surface area contributed by atoms with Crippen LogP contribution in [-0.2, 0) is 12.0 Å². The largest absolute Gasteiger partial charge is 0.350 e. The molecule has 2 aromatic rings. The quantitative estimate of drug-likeness (QED) is 0.942. The molecule has 5 heteroatoms. The van der Waals surface area contributed by atoms with Gasteiger partial charge in [-0.1, -0.05) is 32.9 Å². The molecule has 2 rings (SSSR count). The van der Waals surface area contributed by atoms with Gasteiger partial charge in [0.1, 0.15) is 0 Å². The summed E-state index contributed by atoms with van der Waals surface area (Å²) in [5.74, 6) is -0.140. The molecular weight excluding hydrogens is 290 g/mol. The van der Waals surface area contributed by atoms with Crippen LogP contribution in [-0.4, -0.2) is 22.0 Å². The number of carbonyl (C=O) groups is 1. The van der Waals surface area contributed by atoms with Crippen LogP contribution in [0.2, 0.25) is 0 Å². The minimum Gasteiger partial charge on any atom is -0.350 e. The summed E-state index contributed by atoms with van der Waals surface area (Å²) < 4.78 is 1.50. The molecule has 1 N–H and O–H groups in total. The minimum absolute atomic E-state index is 0.0638. The second kappa shape index (κ2) is 6.77. The van der Waals surface area contributed by atoms with Crippen molar-refractivity contribution < 1.29 is 4.79 Å². The van der Waals surface area contributed by atoms with Crippen molar-refractivity contribution in [1.82, 2.24) is 14.9 Å². The van der Waals surface area contributed by atoms with Gasteiger partial charge < -0.3 is 5.32 Å². The molecule has 5 nitrogen and oxygen atoms in total. The van der Waals surface area contributed by atoms with Crippen LogP contribution in [0.1, 0.15) is 42.3 Å². The molecule has 1 aromatic carbocycles. The van der Waals surface area contributed by atoms with Crippen molar-refractivity contribution in [3.63, 3.8) is 0 Å². The molecule has 0 radical (unpaired) electrons. The third kappa shape index (κ3) is 4.28. The van der Waals surface area contributed by atoms with Crippen LogP contribution in [0.4, 0.5) is 0 Å². The van der Waals surface area contributed by atoms with E-state index in [9.17, 15) is 9.59 Å². The van der Waals surface area contributed by atoms with E-state index in [0.29, 0.717) is 24.2 Å². The van der Waals surface area contributed by atoms with Crippen LogP contribution < -0.4 is 10.9 Å². The Morgan fingerprint density at radius 3 is 2.48 bits per heavy atom. The summed E-state index contributed by atoms with van der Waals surface area (Å²) in [4.78, 5) is 28.0.